The lowest BCUT2D eigenvalue weighted by molar-refractivity contribution is -0.392. The molecule has 0 aromatic heterocycles. The average Bonchev–Trinajstić information content (AvgIpc) is 2.42. The van der Waals surface area contributed by atoms with E-state index in [1.54, 1.807) is 0 Å². The zero-order valence-electron chi connectivity index (χ0n) is 13.7. The van der Waals surface area contributed by atoms with Crippen LogP contribution in [0, 0.1) is 20.2 Å². The molecule has 122 valence electrons. The van der Waals surface area contributed by atoms with Crippen molar-refractivity contribution in [1.29, 1.82) is 0 Å². The van der Waals surface area contributed by atoms with Gasteiger partial charge in [-0.15, -0.1) is 0 Å². The highest BCUT2D eigenvalue weighted by atomic mass is 16.6. The number of hydrogen-bond donors (Lipinski definition) is 1. The number of anilines is 1. The van der Waals surface area contributed by atoms with Crippen molar-refractivity contribution in [2.24, 2.45) is 0 Å². The van der Waals surface area contributed by atoms with Gasteiger partial charge in [-0.05, 0) is 23.8 Å². The molecule has 0 unspecified atom stereocenters. The van der Waals surface area contributed by atoms with Gasteiger partial charge in [-0.25, -0.2) is 0 Å². The number of benzene rings is 1. The van der Waals surface area contributed by atoms with Crippen LogP contribution in [0.5, 0.6) is 0 Å². The van der Waals surface area contributed by atoms with Crippen LogP contribution in [0.15, 0.2) is 12.1 Å². The number of nitro groups is 2. The van der Waals surface area contributed by atoms with Crippen LogP contribution in [0.25, 0.3) is 0 Å². The van der Waals surface area contributed by atoms with Crippen molar-refractivity contribution < 1.29 is 9.85 Å². The smallest absolute Gasteiger partial charge is 0.299 e. The summed E-state index contributed by atoms with van der Waals surface area (Å²) in [4.78, 5) is 21.6. The molecule has 0 amide bonds. The first kappa shape index (κ1) is 17.9. The third-order valence-electron chi connectivity index (χ3n) is 3.69. The van der Waals surface area contributed by atoms with Crippen molar-refractivity contribution in [3.8, 4) is 0 Å². The molecular weight excluding hydrogens is 286 g/mol. The highest BCUT2D eigenvalue weighted by Gasteiger charge is 2.30. The van der Waals surface area contributed by atoms with E-state index in [9.17, 15) is 20.2 Å². The van der Waals surface area contributed by atoms with Crippen LogP contribution in [0.4, 0.5) is 17.1 Å². The first-order chi connectivity index (χ1) is 10.1. The van der Waals surface area contributed by atoms with E-state index >= 15 is 0 Å². The first-order valence-electron chi connectivity index (χ1n) is 7.35. The van der Waals surface area contributed by atoms with Crippen molar-refractivity contribution in [1.82, 2.24) is 0 Å². The second-order valence-electron chi connectivity index (χ2n) is 6.31. The van der Waals surface area contributed by atoms with E-state index in [-0.39, 0.29) is 23.1 Å². The minimum atomic E-state index is -0.563. The summed E-state index contributed by atoms with van der Waals surface area (Å²) in [6, 6.07) is 2.81. The minimum absolute atomic E-state index is 0.00306. The first-order valence-corrected chi connectivity index (χ1v) is 7.35. The largest absolute Gasteiger partial charge is 0.371 e. The molecule has 1 N–H and O–H groups in total. The van der Waals surface area contributed by atoms with E-state index in [0.29, 0.717) is 5.56 Å². The van der Waals surface area contributed by atoms with E-state index in [0.717, 1.165) is 12.8 Å². The number of hydrogen-bond acceptors (Lipinski definition) is 5. The van der Waals surface area contributed by atoms with Gasteiger partial charge in [-0.1, -0.05) is 34.6 Å². The molecule has 0 fully saturated rings. The number of nitrogens with one attached hydrogen (secondary N) is 1. The maximum absolute atomic E-state index is 11.4. The van der Waals surface area contributed by atoms with E-state index in [2.05, 4.69) is 5.32 Å². The molecule has 0 aliphatic heterocycles. The lowest BCUT2D eigenvalue weighted by Crippen LogP contribution is -2.20. The van der Waals surface area contributed by atoms with Crippen LogP contribution in [0.1, 0.15) is 53.0 Å². The molecule has 1 aromatic rings. The lowest BCUT2D eigenvalue weighted by atomic mass is 9.86. The molecule has 0 saturated carbocycles. The molecular formula is C15H23N3O4. The molecule has 0 aliphatic carbocycles. The maximum atomic E-state index is 11.4. The summed E-state index contributed by atoms with van der Waals surface area (Å²) in [6.07, 6.45) is 1.46. The van der Waals surface area contributed by atoms with Crippen molar-refractivity contribution >= 4 is 17.1 Å². The van der Waals surface area contributed by atoms with Gasteiger partial charge in [0.25, 0.3) is 11.4 Å². The second-order valence-corrected chi connectivity index (χ2v) is 6.31. The fraction of sp³-hybridized carbons (Fsp3) is 0.600. The fourth-order valence-corrected chi connectivity index (χ4v) is 2.18. The summed E-state index contributed by atoms with van der Waals surface area (Å²) in [6.45, 7) is 9.46. The van der Waals surface area contributed by atoms with Crippen molar-refractivity contribution in [3.05, 3.63) is 37.9 Å². The number of rotatable bonds is 6. The van der Waals surface area contributed by atoms with Crippen molar-refractivity contribution in [2.75, 3.05) is 5.32 Å². The Labute approximate surface area is 130 Å². The van der Waals surface area contributed by atoms with E-state index in [4.69, 9.17) is 0 Å². The third-order valence-corrected chi connectivity index (χ3v) is 3.69. The number of nitro benzene ring substituents is 2. The average molecular weight is 309 g/mol. The second kappa shape index (κ2) is 6.72. The van der Waals surface area contributed by atoms with Crippen LogP contribution >= 0.6 is 0 Å². The highest BCUT2D eigenvalue weighted by molar-refractivity contribution is 5.75. The monoisotopic (exact) mass is 309 g/mol. The van der Waals surface area contributed by atoms with Crippen molar-refractivity contribution in [2.45, 2.75) is 58.9 Å². The molecule has 1 aromatic carbocycles. The third kappa shape index (κ3) is 3.93. The Balaban J connectivity index is 3.57. The molecule has 0 heterocycles. The van der Waals surface area contributed by atoms with Gasteiger partial charge in [0.05, 0.1) is 9.85 Å². The van der Waals surface area contributed by atoms with E-state index in [1.165, 1.54) is 12.1 Å². The van der Waals surface area contributed by atoms with Gasteiger partial charge < -0.3 is 5.32 Å². The molecule has 0 spiro atoms. The Morgan fingerprint density at radius 1 is 1.05 bits per heavy atom. The summed E-state index contributed by atoms with van der Waals surface area (Å²) in [5.74, 6) is 0. The van der Waals surface area contributed by atoms with Gasteiger partial charge in [0.2, 0.25) is 0 Å². The molecule has 0 atom stereocenters. The van der Waals surface area contributed by atoms with Crippen LogP contribution in [0.2, 0.25) is 0 Å². The normalized spacial score (nSPS) is 11.5. The quantitative estimate of drug-likeness (QED) is 0.620. The lowest BCUT2D eigenvalue weighted by Gasteiger charge is -2.21. The van der Waals surface area contributed by atoms with E-state index < -0.39 is 15.3 Å². The van der Waals surface area contributed by atoms with Gasteiger partial charge in [-0.3, -0.25) is 20.2 Å². The van der Waals surface area contributed by atoms with Crippen molar-refractivity contribution in [3.63, 3.8) is 0 Å². The van der Waals surface area contributed by atoms with Gasteiger partial charge in [-0.2, -0.15) is 0 Å². The molecule has 22 heavy (non-hydrogen) atoms. The van der Waals surface area contributed by atoms with E-state index in [1.807, 2.05) is 34.6 Å². The summed E-state index contributed by atoms with van der Waals surface area (Å²) in [5.41, 5.74) is -0.335. The topological polar surface area (TPSA) is 98.3 Å². The zero-order chi connectivity index (χ0) is 17.1. The Morgan fingerprint density at radius 2 is 1.45 bits per heavy atom. The molecule has 1 rings (SSSR count). The molecule has 0 aliphatic rings. The van der Waals surface area contributed by atoms with Crippen LogP contribution in [0.3, 0.4) is 0 Å². The van der Waals surface area contributed by atoms with Gasteiger partial charge in [0.1, 0.15) is 0 Å². The summed E-state index contributed by atoms with van der Waals surface area (Å²) in [5, 5.41) is 25.7. The summed E-state index contributed by atoms with van der Waals surface area (Å²) >= 11 is 0. The predicted molar refractivity (Wildman–Crippen MR) is 86.4 cm³/mol. The van der Waals surface area contributed by atoms with Crippen LogP contribution in [-0.4, -0.2) is 15.9 Å². The Bertz CT molecular complexity index is 540. The van der Waals surface area contributed by atoms with Gasteiger partial charge >= 0.3 is 0 Å². The minimum Gasteiger partial charge on any atom is -0.371 e. The van der Waals surface area contributed by atoms with Crippen LogP contribution < -0.4 is 5.32 Å². The Hall–Kier alpha value is -2.18. The summed E-state index contributed by atoms with van der Waals surface area (Å²) in [7, 11) is 0. The van der Waals surface area contributed by atoms with Gasteiger partial charge in [0.15, 0.2) is 5.69 Å². The Kier molecular flexibility index (Phi) is 5.46. The molecule has 0 bridgehead atoms. The fourth-order valence-electron chi connectivity index (χ4n) is 2.18. The Morgan fingerprint density at radius 3 is 1.73 bits per heavy atom. The maximum Gasteiger partial charge on any atom is 0.299 e. The molecule has 7 heteroatoms. The molecule has 0 radical (unpaired) electrons. The molecule has 7 nitrogen and oxygen atoms in total. The number of nitrogens with zero attached hydrogens (tertiary/aromatic N) is 2. The summed E-state index contributed by atoms with van der Waals surface area (Å²) < 4.78 is 0. The molecule has 0 saturated heterocycles. The highest BCUT2D eigenvalue weighted by Crippen LogP contribution is 2.39. The zero-order valence-corrected chi connectivity index (χ0v) is 13.7. The predicted octanol–water partition coefficient (Wildman–Crippen LogP) is 4.40. The SMILES string of the molecule is CCC(CC)Nc1c([N+](=O)[O-])cc(C(C)(C)C)cc1[N+](=O)[O-]. The van der Waals surface area contributed by atoms with Crippen LogP contribution in [-0.2, 0) is 5.41 Å². The van der Waals surface area contributed by atoms with Gasteiger partial charge in [0, 0.05) is 18.2 Å². The standard InChI is InChI=1S/C15H23N3O4/c1-6-11(7-2)16-14-12(17(19)20)8-10(15(3,4)5)9-13(14)18(21)22/h8-9,11,16H,6-7H2,1-5H3.